The van der Waals surface area contributed by atoms with Crippen LogP contribution in [0.3, 0.4) is 0 Å². The zero-order chi connectivity index (χ0) is 14.0. The van der Waals surface area contributed by atoms with Crippen molar-refractivity contribution in [2.45, 2.75) is 22.8 Å². The normalized spacial score (nSPS) is 12.5. The number of aliphatic hydroxyl groups is 1. The van der Waals surface area contributed by atoms with Gasteiger partial charge in [0.1, 0.15) is 5.82 Å². The van der Waals surface area contributed by atoms with Gasteiger partial charge in [0.2, 0.25) is 0 Å². The monoisotopic (exact) mass is 316 g/mol. The minimum absolute atomic E-state index is 0.366. The van der Waals surface area contributed by atoms with Crippen molar-refractivity contribution in [2.24, 2.45) is 0 Å². The number of rotatable bonds is 3. The lowest BCUT2D eigenvalue weighted by Crippen LogP contribution is -1.92. The fourth-order valence-corrected chi connectivity index (χ4v) is 2.75. The second-order valence-electron chi connectivity index (χ2n) is 4.04. The topological polar surface area (TPSA) is 20.2 Å². The summed E-state index contributed by atoms with van der Waals surface area (Å²) in [6.45, 7) is 1.60. The average Bonchev–Trinajstić information content (AvgIpc) is 2.36. The molecule has 0 bridgehead atoms. The first-order valence-electron chi connectivity index (χ1n) is 5.58. The molecule has 2 aromatic carbocycles. The van der Waals surface area contributed by atoms with Crippen LogP contribution in [-0.2, 0) is 0 Å². The lowest BCUT2D eigenvalue weighted by atomic mass is 10.1. The molecule has 100 valence electrons. The lowest BCUT2D eigenvalue weighted by molar-refractivity contribution is 0.198. The Morgan fingerprint density at radius 1 is 1.11 bits per heavy atom. The maximum absolute atomic E-state index is 13.9. The van der Waals surface area contributed by atoms with E-state index in [4.69, 9.17) is 23.2 Å². The average molecular weight is 317 g/mol. The molecule has 2 rings (SSSR count). The third kappa shape index (κ3) is 3.63. The van der Waals surface area contributed by atoms with Crippen LogP contribution in [0.15, 0.2) is 46.2 Å². The Hall–Kier alpha value is -0.740. The zero-order valence-electron chi connectivity index (χ0n) is 10.0. The first kappa shape index (κ1) is 14.7. The number of hydrogen-bond acceptors (Lipinski definition) is 2. The van der Waals surface area contributed by atoms with Gasteiger partial charge in [0.05, 0.1) is 16.1 Å². The highest BCUT2D eigenvalue weighted by Crippen LogP contribution is 2.34. The predicted molar refractivity (Wildman–Crippen MR) is 77.6 cm³/mol. The molecule has 0 amide bonds. The van der Waals surface area contributed by atoms with Crippen LogP contribution in [-0.4, -0.2) is 5.11 Å². The molecule has 5 heteroatoms. The van der Waals surface area contributed by atoms with Crippen LogP contribution in [0.4, 0.5) is 4.39 Å². The molecule has 19 heavy (non-hydrogen) atoms. The summed E-state index contributed by atoms with van der Waals surface area (Å²) in [5.74, 6) is -0.366. The molecule has 0 spiro atoms. The molecular weight excluding hydrogens is 306 g/mol. The molecule has 0 heterocycles. The summed E-state index contributed by atoms with van der Waals surface area (Å²) in [4.78, 5) is 1.28. The van der Waals surface area contributed by atoms with Crippen molar-refractivity contribution < 1.29 is 9.50 Å². The second kappa shape index (κ2) is 6.14. The van der Waals surface area contributed by atoms with E-state index >= 15 is 0 Å². The van der Waals surface area contributed by atoms with Gasteiger partial charge in [0.25, 0.3) is 0 Å². The maximum atomic E-state index is 13.9. The van der Waals surface area contributed by atoms with Crippen LogP contribution in [0.1, 0.15) is 18.6 Å². The van der Waals surface area contributed by atoms with Crippen LogP contribution >= 0.6 is 35.0 Å². The van der Waals surface area contributed by atoms with Crippen molar-refractivity contribution >= 4 is 35.0 Å². The third-order valence-electron chi connectivity index (χ3n) is 2.56. The largest absolute Gasteiger partial charge is 0.389 e. The standard InChI is InChI=1S/C14H11Cl2FOS/c1-8(18)9-2-5-14(13(17)6-9)19-10-3-4-11(15)12(16)7-10/h2-8,18H,1H3/t8-/m0/s1. The van der Waals surface area contributed by atoms with E-state index < -0.39 is 6.10 Å². The second-order valence-corrected chi connectivity index (χ2v) is 5.97. The highest BCUT2D eigenvalue weighted by atomic mass is 35.5. The van der Waals surface area contributed by atoms with E-state index in [1.165, 1.54) is 17.8 Å². The molecule has 1 nitrogen and oxygen atoms in total. The van der Waals surface area contributed by atoms with E-state index in [9.17, 15) is 9.50 Å². The fourth-order valence-electron chi connectivity index (χ4n) is 1.53. The SMILES string of the molecule is C[C@H](O)c1ccc(Sc2ccc(Cl)c(Cl)c2)c(F)c1. The van der Waals surface area contributed by atoms with Gasteiger partial charge in [0, 0.05) is 9.79 Å². The van der Waals surface area contributed by atoms with E-state index in [2.05, 4.69) is 0 Å². The van der Waals surface area contributed by atoms with Gasteiger partial charge in [-0.1, -0.05) is 41.0 Å². The van der Waals surface area contributed by atoms with E-state index in [-0.39, 0.29) is 5.82 Å². The molecule has 0 aliphatic carbocycles. The molecule has 0 saturated heterocycles. The first-order valence-corrected chi connectivity index (χ1v) is 7.15. The van der Waals surface area contributed by atoms with Crippen molar-refractivity contribution in [3.8, 4) is 0 Å². The molecule has 0 aromatic heterocycles. The van der Waals surface area contributed by atoms with Gasteiger partial charge in [-0.15, -0.1) is 0 Å². The van der Waals surface area contributed by atoms with Crippen molar-refractivity contribution in [3.63, 3.8) is 0 Å². The highest BCUT2D eigenvalue weighted by molar-refractivity contribution is 7.99. The zero-order valence-corrected chi connectivity index (χ0v) is 12.4. The fraction of sp³-hybridized carbons (Fsp3) is 0.143. The maximum Gasteiger partial charge on any atom is 0.137 e. The van der Waals surface area contributed by atoms with Crippen molar-refractivity contribution in [3.05, 3.63) is 57.8 Å². The Kier molecular flexibility index (Phi) is 4.74. The van der Waals surface area contributed by atoms with Gasteiger partial charge >= 0.3 is 0 Å². The first-order chi connectivity index (χ1) is 8.97. The number of benzene rings is 2. The quantitative estimate of drug-likeness (QED) is 0.825. The number of aliphatic hydroxyl groups excluding tert-OH is 1. The van der Waals surface area contributed by atoms with E-state index in [1.54, 1.807) is 37.3 Å². The molecular formula is C14H11Cl2FOS. The molecule has 0 saturated carbocycles. The molecule has 2 aromatic rings. The number of halogens is 3. The van der Waals surface area contributed by atoms with Gasteiger partial charge < -0.3 is 5.11 Å². The van der Waals surface area contributed by atoms with Crippen molar-refractivity contribution in [1.82, 2.24) is 0 Å². The van der Waals surface area contributed by atoms with Gasteiger partial charge in [0.15, 0.2) is 0 Å². The Balaban J connectivity index is 2.25. The van der Waals surface area contributed by atoms with E-state index in [0.29, 0.717) is 20.5 Å². The summed E-state index contributed by atoms with van der Waals surface area (Å²) in [5, 5.41) is 10.3. The van der Waals surface area contributed by atoms with Crippen LogP contribution in [0.25, 0.3) is 0 Å². The summed E-state index contributed by atoms with van der Waals surface area (Å²) in [5.41, 5.74) is 0.552. The Labute approximate surface area is 125 Å². The van der Waals surface area contributed by atoms with Crippen LogP contribution in [0.2, 0.25) is 10.0 Å². The lowest BCUT2D eigenvalue weighted by Gasteiger charge is -2.08. The summed E-state index contributed by atoms with van der Waals surface area (Å²) in [7, 11) is 0. The molecule has 0 unspecified atom stereocenters. The molecule has 0 fully saturated rings. The third-order valence-corrected chi connectivity index (χ3v) is 4.34. The molecule has 1 atom stereocenters. The minimum atomic E-state index is -0.682. The smallest absolute Gasteiger partial charge is 0.137 e. The van der Waals surface area contributed by atoms with Gasteiger partial charge in [-0.25, -0.2) is 4.39 Å². The Morgan fingerprint density at radius 3 is 2.42 bits per heavy atom. The van der Waals surface area contributed by atoms with Crippen molar-refractivity contribution in [2.75, 3.05) is 0 Å². The Morgan fingerprint density at radius 2 is 1.84 bits per heavy atom. The highest BCUT2D eigenvalue weighted by Gasteiger charge is 2.09. The van der Waals surface area contributed by atoms with Crippen LogP contribution in [0.5, 0.6) is 0 Å². The molecule has 0 radical (unpaired) electrons. The predicted octanol–water partition coefficient (Wildman–Crippen LogP) is 5.34. The van der Waals surface area contributed by atoms with Gasteiger partial charge in [-0.3, -0.25) is 0 Å². The van der Waals surface area contributed by atoms with Crippen molar-refractivity contribution in [1.29, 1.82) is 0 Å². The summed E-state index contributed by atoms with van der Waals surface area (Å²) in [6, 6.07) is 9.83. The minimum Gasteiger partial charge on any atom is -0.389 e. The van der Waals surface area contributed by atoms with Gasteiger partial charge in [-0.05, 0) is 42.8 Å². The molecule has 0 aliphatic rings. The number of hydrogen-bond donors (Lipinski definition) is 1. The summed E-state index contributed by atoms with van der Waals surface area (Å²) >= 11 is 13.0. The molecule has 1 N–H and O–H groups in total. The molecule has 0 aliphatic heterocycles. The van der Waals surface area contributed by atoms with E-state index in [1.807, 2.05) is 0 Å². The van der Waals surface area contributed by atoms with E-state index in [0.717, 1.165) is 4.90 Å². The van der Waals surface area contributed by atoms with Crippen LogP contribution < -0.4 is 0 Å². The Bertz CT molecular complexity index is 602. The summed E-state index contributed by atoms with van der Waals surface area (Å²) in [6.07, 6.45) is -0.682. The van der Waals surface area contributed by atoms with Gasteiger partial charge in [-0.2, -0.15) is 0 Å². The van der Waals surface area contributed by atoms with Crippen LogP contribution in [0, 0.1) is 5.82 Å². The summed E-state index contributed by atoms with van der Waals surface area (Å²) < 4.78 is 13.9.